The van der Waals surface area contributed by atoms with Crippen molar-refractivity contribution in [2.75, 3.05) is 5.32 Å². The molecule has 0 aliphatic heterocycles. The largest absolute Gasteiger partial charge is 0.320 e. The Labute approximate surface area is 133 Å². The number of anilines is 1. The summed E-state index contributed by atoms with van der Waals surface area (Å²) in [5.41, 5.74) is 3.20. The van der Waals surface area contributed by atoms with Crippen LogP contribution in [0.2, 0.25) is 0 Å². The third-order valence-electron chi connectivity index (χ3n) is 3.43. The Bertz CT molecular complexity index is 775. The van der Waals surface area contributed by atoms with Crippen LogP contribution in [-0.4, -0.2) is 16.1 Å². The van der Waals surface area contributed by atoms with Crippen molar-refractivity contribution in [3.8, 4) is 10.6 Å². The van der Waals surface area contributed by atoms with E-state index < -0.39 is 0 Å². The minimum Gasteiger partial charge on any atom is -0.320 e. The molecule has 3 rings (SSSR count). The highest BCUT2D eigenvalue weighted by atomic mass is 32.1. The van der Waals surface area contributed by atoms with E-state index in [9.17, 15) is 4.79 Å². The first-order valence-electron chi connectivity index (χ1n) is 7.14. The Morgan fingerprint density at radius 3 is 2.77 bits per heavy atom. The molecule has 1 amide bonds. The number of carbonyl (C=O) groups excluding carboxylic acids is 1. The summed E-state index contributed by atoms with van der Waals surface area (Å²) in [5, 5.41) is 12.0. The zero-order valence-electron chi connectivity index (χ0n) is 12.5. The zero-order chi connectivity index (χ0) is 15.5. The number of H-pyrrole nitrogens is 1. The fraction of sp³-hybridized carbons (Fsp3) is 0.176. The minimum atomic E-state index is -0.202. The van der Waals surface area contributed by atoms with Crippen LogP contribution >= 0.6 is 11.3 Å². The molecule has 4 nitrogen and oxygen atoms in total. The standard InChI is InChI=1S/C17H17N3OS/c1-11(2)12-6-3-4-7-13(12)18-17(21)15-10-14(19-20-15)16-8-5-9-22-16/h3-11H,1-2H3,(H,18,21)(H,19,20). The third kappa shape index (κ3) is 2.94. The van der Waals surface area contributed by atoms with E-state index in [1.807, 2.05) is 41.8 Å². The minimum absolute atomic E-state index is 0.202. The molecule has 22 heavy (non-hydrogen) atoms. The summed E-state index contributed by atoms with van der Waals surface area (Å²) >= 11 is 1.61. The van der Waals surface area contributed by atoms with Gasteiger partial charge in [0.25, 0.3) is 5.91 Å². The van der Waals surface area contributed by atoms with Crippen molar-refractivity contribution in [3.63, 3.8) is 0 Å². The van der Waals surface area contributed by atoms with Gasteiger partial charge in [0, 0.05) is 5.69 Å². The highest BCUT2D eigenvalue weighted by Crippen LogP contribution is 2.25. The van der Waals surface area contributed by atoms with E-state index in [2.05, 4.69) is 29.4 Å². The summed E-state index contributed by atoms with van der Waals surface area (Å²) in [7, 11) is 0. The molecule has 0 bridgehead atoms. The molecule has 0 atom stereocenters. The van der Waals surface area contributed by atoms with Gasteiger partial charge in [-0.25, -0.2) is 0 Å². The third-order valence-corrected chi connectivity index (χ3v) is 4.33. The fourth-order valence-corrected chi connectivity index (χ4v) is 2.99. The molecular weight excluding hydrogens is 294 g/mol. The van der Waals surface area contributed by atoms with Crippen molar-refractivity contribution in [1.29, 1.82) is 0 Å². The van der Waals surface area contributed by atoms with E-state index in [1.165, 1.54) is 0 Å². The number of hydrogen-bond donors (Lipinski definition) is 2. The van der Waals surface area contributed by atoms with Crippen LogP contribution in [0.5, 0.6) is 0 Å². The number of nitrogens with one attached hydrogen (secondary N) is 2. The lowest BCUT2D eigenvalue weighted by Gasteiger charge is -2.12. The average Bonchev–Trinajstić information content (AvgIpc) is 3.18. The van der Waals surface area contributed by atoms with E-state index in [1.54, 1.807) is 17.4 Å². The SMILES string of the molecule is CC(C)c1ccccc1NC(=O)c1cc(-c2cccs2)[nH]n1. The molecule has 0 aliphatic rings. The van der Waals surface area contributed by atoms with Gasteiger partial charge in [-0.05, 0) is 35.1 Å². The number of amides is 1. The first-order valence-corrected chi connectivity index (χ1v) is 8.02. The molecule has 1 aromatic carbocycles. The van der Waals surface area contributed by atoms with Gasteiger partial charge in [-0.3, -0.25) is 9.89 Å². The van der Waals surface area contributed by atoms with Crippen LogP contribution in [0, 0.1) is 0 Å². The Morgan fingerprint density at radius 1 is 1.23 bits per heavy atom. The van der Waals surface area contributed by atoms with E-state index in [-0.39, 0.29) is 5.91 Å². The molecule has 112 valence electrons. The van der Waals surface area contributed by atoms with Gasteiger partial charge in [0.2, 0.25) is 0 Å². The van der Waals surface area contributed by atoms with Gasteiger partial charge in [-0.2, -0.15) is 5.10 Å². The van der Waals surface area contributed by atoms with Crippen LogP contribution in [0.4, 0.5) is 5.69 Å². The predicted molar refractivity (Wildman–Crippen MR) is 90.4 cm³/mol. The second kappa shape index (κ2) is 6.15. The van der Waals surface area contributed by atoms with Crippen LogP contribution in [0.15, 0.2) is 47.8 Å². The summed E-state index contributed by atoms with van der Waals surface area (Å²) in [6.45, 7) is 4.21. The van der Waals surface area contributed by atoms with Crippen LogP contribution < -0.4 is 5.32 Å². The predicted octanol–water partition coefficient (Wildman–Crippen LogP) is 4.51. The molecule has 0 radical (unpaired) electrons. The summed E-state index contributed by atoms with van der Waals surface area (Å²) in [6.07, 6.45) is 0. The Hall–Kier alpha value is -2.40. The number of thiophene rings is 1. The van der Waals surface area contributed by atoms with Gasteiger partial charge in [0.05, 0.1) is 10.6 Å². The van der Waals surface area contributed by atoms with Gasteiger partial charge in [-0.15, -0.1) is 11.3 Å². The zero-order valence-corrected chi connectivity index (χ0v) is 13.3. The topological polar surface area (TPSA) is 57.8 Å². The molecule has 2 aromatic heterocycles. The van der Waals surface area contributed by atoms with Crippen molar-refractivity contribution in [1.82, 2.24) is 10.2 Å². The van der Waals surface area contributed by atoms with Crippen molar-refractivity contribution in [2.24, 2.45) is 0 Å². The van der Waals surface area contributed by atoms with Crippen molar-refractivity contribution >= 4 is 22.9 Å². The average molecular weight is 311 g/mol. The second-order valence-electron chi connectivity index (χ2n) is 5.34. The van der Waals surface area contributed by atoms with Crippen molar-refractivity contribution in [3.05, 3.63) is 59.1 Å². The first kappa shape index (κ1) is 14.5. The summed E-state index contributed by atoms with van der Waals surface area (Å²) < 4.78 is 0. The molecule has 0 aliphatic carbocycles. The molecule has 2 N–H and O–H groups in total. The number of aromatic nitrogens is 2. The number of carbonyl (C=O) groups is 1. The van der Waals surface area contributed by atoms with Gasteiger partial charge in [0.1, 0.15) is 0 Å². The van der Waals surface area contributed by atoms with Gasteiger partial charge >= 0.3 is 0 Å². The summed E-state index contributed by atoms with van der Waals surface area (Å²) in [4.78, 5) is 13.4. The van der Waals surface area contributed by atoms with E-state index in [0.717, 1.165) is 21.8 Å². The smallest absolute Gasteiger partial charge is 0.276 e. The van der Waals surface area contributed by atoms with Gasteiger partial charge in [-0.1, -0.05) is 38.1 Å². The molecular formula is C17H17N3OS. The molecule has 2 heterocycles. The number of nitrogens with zero attached hydrogens (tertiary/aromatic N) is 1. The number of benzene rings is 1. The number of aromatic amines is 1. The lowest BCUT2D eigenvalue weighted by atomic mass is 10.0. The van der Waals surface area contributed by atoms with E-state index in [0.29, 0.717) is 11.6 Å². The summed E-state index contributed by atoms with van der Waals surface area (Å²) in [6, 6.07) is 13.6. The Balaban J connectivity index is 1.81. The maximum Gasteiger partial charge on any atom is 0.276 e. The molecule has 0 spiro atoms. The second-order valence-corrected chi connectivity index (χ2v) is 6.29. The molecule has 3 aromatic rings. The van der Waals surface area contributed by atoms with Crippen LogP contribution in [0.1, 0.15) is 35.8 Å². The molecule has 0 saturated carbocycles. The molecule has 5 heteroatoms. The highest BCUT2D eigenvalue weighted by Gasteiger charge is 2.14. The maximum absolute atomic E-state index is 12.4. The van der Waals surface area contributed by atoms with Crippen LogP contribution in [-0.2, 0) is 0 Å². The number of para-hydroxylation sites is 1. The normalized spacial score (nSPS) is 10.9. The number of hydrogen-bond acceptors (Lipinski definition) is 3. The van der Waals surface area contributed by atoms with E-state index in [4.69, 9.17) is 0 Å². The summed E-state index contributed by atoms with van der Waals surface area (Å²) in [5.74, 6) is 0.143. The molecule has 0 fully saturated rings. The monoisotopic (exact) mass is 311 g/mol. The Kier molecular flexibility index (Phi) is 4.06. The van der Waals surface area contributed by atoms with Crippen LogP contribution in [0.3, 0.4) is 0 Å². The fourth-order valence-electron chi connectivity index (χ4n) is 2.30. The molecule has 0 saturated heterocycles. The molecule has 0 unspecified atom stereocenters. The maximum atomic E-state index is 12.4. The van der Waals surface area contributed by atoms with Crippen molar-refractivity contribution < 1.29 is 4.79 Å². The van der Waals surface area contributed by atoms with Gasteiger partial charge < -0.3 is 5.32 Å². The highest BCUT2D eigenvalue weighted by molar-refractivity contribution is 7.13. The lowest BCUT2D eigenvalue weighted by Crippen LogP contribution is -2.14. The van der Waals surface area contributed by atoms with Crippen LogP contribution in [0.25, 0.3) is 10.6 Å². The number of rotatable bonds is 4. The van der Waals surface area contributed by atoms with Crippen molar-refractivity contribution in [2.45, 2.75) is 19.8 Å². The Morgan fingerprint density at radius 2 is 2.05 bits per heavy atom. The van der Waals surface area contributed by atoms with Gasteiger partial charge in [0.15, 0.2) is 5.69 Å². The first-order chi connectivity index (χ1) is 10.6. The van der Waals surface area contributed by atoms with E-state index >= 15 is 0 Å². The lowest BCUT2D eigenvalue weighted by molar-refractivity contribution is 0.102. The quantitative estimate of drug-likeness (QED) is 0.744.